The van der Waals surface area contributed by atoms with Gasteiger partial charge in [-0.05, 0) is 44.1 Å². The fourth-order valence-corrected chi connectivity index (χ4v) is 6.26. The Hall–Kier alpha value is -4.22. The number of nitrogens with zero attached hydrogens (tertiary/aromatic N) is 2. The van der Waals surface area contributed by atoms with Gasteiger partial charge in [-0.3, -0.25) is 29.1 Å². The predicted octanol–water partition coefficient (Wildman–Crippen LogP) is 2.57. The Bertz CT molecular complexity index is 1350. The number of hydrogen-bond acceptors (Lipinski definition) is 6. The highest BCUT2D eigenvalue weighted by Gasteiger charge is 2.33. The molecule has 0 spiro atoms. The smallest absolute Gasteiger partial charge is 0.257 e. The summed E-state index contributed by atoms with van der Waals surface area (Å²) < 4.78 is 0. The quantitative estimate of drug-likeness (QED) is 0.314. The minimum absolute atomic E-state index is 0.0480. The SMILES string of the molecule is CC[C@H]1CN(C(=O)c2cn[nH]c2C2CCCCC2)CC(=O)N[C@H](C)C(=O)N[C@@H](CC(C)C)C(=O)N[C@@H](Cc2ccccc2)C(=O)N1. The summed E-state index contributed by atoms with van der Waals surface area (Å²) in [7, 11) is 0. The molecule has 1 aliphatic heterocycles. The highest BCUT2D eigenvalue weighted by Crippen LogP contribution is 2.33. The van der Waals surface area contributed by atoms with Crippen LogP contribution < -0.4 is 21.3 Å². The Kier molecular flexibility index (Phi) is 12.3. The van der Waals surface area contributed by atoms with E-state index in [4.69, 9.17) is 0 Å². The molecule has 2 aromatic rings. The first kappa shape index (κ1) is 34.6. The van der Waals surface area contributed by atoms with Gasteiger partial charge in [-0.2, -0.15) is 5.10 Å². The van der Waals surface area contributed by atoms with Crippen LogP contribution >= 0.6 is 0 Å². The number of carbonyl (C=O) groups is 5. The first-order valence-corrected chi connectivity index (χ1v) is 16.6. The summed E-state index contributed by atoms with van der Waals surface area (Å²) in [5.41, 5.74) is 2.04. The molecule has 1 aliphatic carbocycles. The van der Waals surface area contributed by atoms with Crippen molar-refractivity contribution in [3.8, 4) is 0 Å². The summed E-state index contributed by atoms with van der Waals surface area (Å²) in [5.74, 6) is -2.08. The Labute approximate surface area is 271 Å². The maximum Gasteiger partial charge on any atom is 0.257 e. The molecule has 4 rings (SSSR count). The summed E-state index contributed by atoms with van der Waals surface area (Å²) >= 11 is 0. The number of carbonyl (C=O) groups excluding carboxylic acids is 5. The number of H-pyrrole nitrogens is 1. The van der Waals surface area contributed by atoms with Crippen molar-refractivity contribution >= 4 is 29.5 Å². The minimum Gasteiger partial charge on any atom is -0.350 e. The molecule has 5 amide bonds. The fraction of sp³-hybridized carbons (Fsp3) is 0.588. The number of benzene rings is 1. The van der Waals surface area contributed by atoms with E-state index in [1.807, 2.05) is 51.1 Å². The summed E-state index contributed by atoms with van der Waals surface area (Å²) in [6.07, 6.45) is 7.77. The van der Waals surface area contributed by atoms with Crippen LogP contribution in [0.3, 0.4) is 0 Å². The molecule has 1 aromatic carbocycles. The minimum atomic E-state index is -0.967. The third kappa shape index (κ3) is 9.40. The van der Waals surface area contributed by atoms with Crippen molar-refractivity contribution in [1.82, 2.24) is 36.4 Å². The van der Waals surface area contributed by atoms with Crippen molar-refractivity contribution in [1.29, 1.82) is 0 Å². The van der Waals surface area contributed by atoms with Gasteiger partial charge in [0.05, 0.1) is 24.0 Å². The number of rotatable bonds is 7. The number of aromatic nitrogens is 2. The lowest BCUT2D eigenvalue weighted by Gasteiger charge is -2.30. The maximum absolute atomic E-state index is 14.1. The monoisotopic (exact) mass is 635 g/mol. The Morgan fingerprint density at radius 1 is 0.913 bits per heavy atom. The molecule has 5 N–H and O–H groups in total. The van der Waals surface area contributed by atoms with Crippen LogP contribution in [0.25, 0.3) is 0 Å². The van der Waals surface area contributed by atoms with Gasteiger partial charge in [0.2, 0.25) is 23.6 Å². The van der Waals surface area contributed by atoms with Crippen molar-refractivity contribution in [3.63, 3.8) is 0 Å². The van der Waals surface area contributed by atoms with Gasteiger partial charge in [0, 0.05) is 24.9 Å². The second kappa shape index (κ2) is 16.4. The van der Waals surface area contributed by atoms with Crippen LogP contribution in [0.4, 0.5) is 0 Å². The van der Waals surface area contributed by atoms with Gasteiger partial charge in [0.25, 0.3) is 5.91 Å². The van der Waals surface area contributed by atoms with E-state index in [2.05, 4.69) is 31.5 Å². The van der Waals surface area contributed by atoms with E-state index in [-0.39, 0.29) is 37.3 Å². The summed E-state index contributed by atoms with van der Waals surface area (Å²) in [4.78, 5) is 69.4. The van der Waals surface area contributed by atoms with E-state index in [1.54, 1.807) is 0 Å². The average molecular weight is 636 g/mol. The van der Waals surface area contributed by atoms with Crippen LogP contribution in [-0.4, -0.2) is 81.9 Å². The number of aromatic amines is 1. The molecule has 1 saturated carbocycles. The number of amides is 5. The van der Waals surface area contributed by atoms with E-state index in [0.717, 1.165) is 43.4 Å². The van der Waals surface area contributed by atoms with Gasteiger partial charge < -0.3 is 26.2 Å². The molecule has 1 saturated heterocycles. The zero-order valence-corrected chi connectivity index (χ0v) is 27.4. The molecule has 0 unspecified atom stereocenters. The molecule has 2 aliphatic rings. The molecule has 2 heterocycles. The van der Waals surface area contributed by atoms with Gasteiger partial charge in [0.15, 0.2) is 0 Å². The van der Waals surface area contributed by atoms with E-state index < -0.39 is 47.8 Å². The van der Waals surface area contributed by atoms with E-state index in [9.17, 15) is 24.0 Å². The van der Waals surface area contributed by atoms with E-state index in [0.29, 0.717) is 18.4 Å². The zero-order valence-electron chi connectivity index (χ0n) is 27.4. The molecule has 1 aromatic heterocycles. The third-order valence-corrected chi connectivity index (χ3v) is 8.84. The number of hydrogen-bond donors (Lipinski definition) is 5. The normalized spacial score (nSPS) is 24.3. The van der Waals surface area contributed by atoms with Crippen molar-refractivity contribution in [2.75, 3.05) is 13.1 Å². The van der Waals surface area contributed by atoms with Gasteiger partial charge in [-0.1, -0.05) is 70.4 Å². The summed E-state index contributed by atoms with van der Waals surface area (Å²) in [6, 6.07) is 6.04. The molecule has 0 bridgehead atoms. The average Bonchev–Trinajstić information content (AvgIpc) is 3.53. The van der Waals surface area contributed by atoms with Gasteiger partial charge >= 0.3 is 0 Å². The molecule has 12 heteroatoms. The van der Waals surface area contributed by atoms with E-state index in [1.165, 1.54) is 18.0 Å². The molecule has 4 atom stereocenters. The maximum atomic E-state index is 14.1. The first-order chi connectivity index (χ1) is 22.0. The van der Waals surface area contributed by atoms with Crippen LogP contribution in [0.1, 0.15) is 100 Å². The standard InChI is InChI=1S/C34H49N7O5/c1-5-25-19-41(34(46)26-18-35-40-30(26)24-14-10-7-11-15-24)20-29(42)36-22(4)31(43)38-27(16-21(2)3)33(45)39-28(32(44)37-25)17-23-12-8-6-9-13-23/h6,8-9,12-13,18,21-22,24-25,27-28H,5,7,10-11,14-17,19-20H2,1-4H3,(H,35,40)(H,36,42)(H,37,44)(H,38,43)(H,39,45)/t22-,25+,27+,28+/m1/s1. The lowest BCUT2D eigenvalue weighted by Crippen LogP contribution is -2.57. The Morgan fingerprint density at radius 3 is 2.26 bits per heavy atom. The molecular formula is C34H49N7O5. The van der Waals surface area contributed by atoms with Crippen LogP contribution in [0, 0.1) is 5.92 Å². The predicted molar refractivity (Wildman–Crippen MR) is 174 cm³/mol. The lowest BCUT2D eigenvalue weighted by atomic mass is 9.85. The summed E-state index contributed by atoms with van der Waals surface area (Å²) in [6.45, 7) is 7.03. The van der Waals surface area contributed by atoms with Crippen molar-refractivity contribution in [3.05, 3.63) is 53.3 Å². The molecule has 0 radical (unpaired) electrons. The van der Waals surface area contributed by atoms with Gasteiger partial charge in [0.1, 0.15) is 18.1 Å². The van der Waals surface area contributed by atoms with E-state index >= 15 is 0 Å². The van der Waals surface area contributed by atoms with Crippen LogP contribution in [0.15, 0.2) is 36.5 Å². The zero-order chi connectivity index (χ0) is 33.2. The lowest BCUT2D eigenvalue weighted by molar-refractivity contribution is -0.133. The second-order valence-corrected chi connectivity index (χ2v) is 13.1. The summed E-state index contributed by atoms with van der Waals surface area (Å²) in [5, 5.41) is 18.6. The Balaban J connectivity index is 1.66. The molecule has 250 valence electrons. The highest BCUT2D eigenvalue weighted by molar-refractivity contribution is 5.98. The molecule has 12 nitrogen and oxygen atoms in total. The third-order valence-electron chi connectivity index (χ3n) is 8.84. The van der Waals surface area contributed by atoms with Crippen molar-refractivity contribution in [2.45, 2.75) is 109 Å². The van der Waals surface area contributed by atoms with Crippen LogP contribution in [0.2, 0.25) is 0 Å². The van der Waals surface area contributed by atoms with Crippen molar-refractivity contribution in [2.24, 2.45) is 5.92 Å². The van der Waals surface area contributed by atoms with Crippen LogP contribution in [-0.2, 0) is 25.6 Å². The Morgan fingerprint density at radius 2 is 1.59 bits per heavy atom. The molecular weight excluding hydrogens is 586 g/mol. The topological polar surface area (TPSA) is 165 Å². The first-order valence-electron chi connectivity index (χ1n) is 16.6. The molecule has 46 heavy (non-hydrogen) atoms. The fourth-order valence-electron chi connectivity index (χ4n) is 6.26. The molecule has 2 fully saturated rings. The largest absolute Gasteiger partial charge is 0.350 e. The number of nitrogens with one attached hydrogen (secondary N) is 5. The van der Waals surface area contributed by atoms with Gasteiger partial charge in [-0.25, -0.2) is 0 Å². The van der Waals surface area contributed by atoms with Gasteiger partial charge in [-0.15, -0.1) is 0 Å². The van der Waals surface area contributed by atoms with Crippen molar-refractivity contribution < 1.29 is 24.0 Å². The van der Waals surface area contributed by atoms with Crippen LogP contribution in [0.5, 0.6) is 0 Å². The second-order valence-electron chi connectivity index (χ2n) is 13.1. The highest BCUT2D eigenvalue weighted by atomic mass is 16.2.